The third kappa shape index (κ3) is 6.13. The molecule has 0 aromatic carbocycles. The normalized spacial score (nSPS) is 13.6. The molecule has 4 aromatic heterocycles. The summed E-state index contributed by atoms with van der Waals surface area (Å²) in [6.45, 7) is 10.6. The Morgan fingerprint density at radius 3 is 2.77 bits per heavy atom. The number of carbonyl (C=O) groups excluding carboxylic acids is 1. The van der Waals surface area contributed by atoms with Crippen molar-refractivity contribution in [1.82, 2.24) is 25.1 Å². The van der Waals surface area contributed by atoms with E-state index in [1.807, 2.05) is 30.5 Å². The third-order valence-corrected chi connectivity index (χ3v) is 7.93. The second-order valence-corrected chi connectivity index (χ2v) is 10.7. The van der Waals surface area contributed by atoms with E-state index in [-0.39, 0.29) is 36.8 Å². The molecule has 1 aliphatic rings. The number of pyridine rings is 2. The number of rotatable bonds is 10. The Morgan fingerprint density at radius 1 is 1.21 bits per heavy atom. The lowest BCUT2D eigenvalue weighted by atomic mass is 9.93. The predicted molar refractivity (Wildman–Crippen MR) is 163 cm³/mol. The molecule has 0 atom stereocenters. The maximum Gasteiger partial charge on any atom is 0.246 e. The Morgan fingerprint density at radius 2 is 2.02 bits per heavy atom. The molecule has 43 heavy (non-hydrogen) atoms. The maximum absolute atomic E-state index is 15.8. The van der Waals surface area contributed by atoms with Gasteiger partial charge in [-0.1, -0.05) is 13.2 Å². The molecule has 11 heteroatoms. The summed E-state index contributed by atoms with van der Waals surface area (Å²) >= 11 is 1.38. The van der Waals surface area contributed by atoms with E-state index in [1.165, 1.54) is 24.5 Å². The van der Waals surface area contributed by atoms with Crippen LogP contribution >= 0.6 is 11.3 Å². The summed E-state index contributed by atoms with van der Waals surface area (Å²) in [7, 11) is 1.52. The smallest absolute Gasteiger partial charge is 0.246 e. The van der Waals surface area contributed by atoms with Crippen molar-refractivity contribution in [3.63, 3.8) is 0 Å². The van der Waals surface area contributed by atoms with E-state index in [2.05, 4.69) is 23.4 Å². The first-order chi connectivity index (χ1) is 20.9. The van der Waals surface area contributed by atoms with E-state index in [1.54, 1.807) is 17.3 Å². The lowest BCUT2D eigenvalue weighted by Crippen LogP contribution is -2.35. The van der Waals surface area contributed by atoms with Gasteiger partial charge in [0.2, 0.25) is 5.91 Å². The second-order valence-electron chi connectivity index (χ2n) is 9.76. The van der Waals surface area contributed by atoms with Crippen LogP contribution in [0, 0.1) is 6.92 Å². The highest BCUT2D eigenvalue weighted by Gasteiger charge is 2.27. The van der Waals surface area contributed by atoms with E-state index >= 15 is 4.39 Å². The lowest BCUT2D eigenvalue weighted by Gasteiger charge is -2.27. The zero-order chi connectivity index (χ0) is 30.5. The first kappa shape index (κ1) is 29.9. The van der Waals surface area contributed by atoms with E-state index in [9.17, 15) is 9.18 Å². The number of ether oxygens (including phenoxy) is 2. The van der Waals surface area contributed by atoms with Crippen LogP contribution in [0.15, 0.2) is 79.2 Å². The van der Waals surface area contributed by atoms with Crippen molar-refractivity contribution in [2.45, 2.75) is 19.9 Å². The summed E-state index contributed by atoms with van der Waals surface area (Å²) in [4.78, 5) is 23.9. The molecule has 0 spiro atoms. The number of allylic oxidation sites excluding steroid dienone is 3. The monoisotopic (exact) mass is 601 g/mol. The molecule has 0 saturated carbocycles. The average molecular weight is 602 g/mol. The van der Waals surface area contributed by atoms with Crippen LogP contribution in [0.5, 0.6) is 0 Å². The van der Waals surface area contributed by atoms with Gasteiger partial charge >= 0.3 is 0 Å². The summed E-state index contributed by atoms with van der Waals surface area (Å²) in [6.07, 6.45) is 6.02. The third-order valence-electron chi connectivity index (χ3n) is 7.00. The average Bonchev–Trinajstić information content (AvgIpc) is 3.50. The highest BCUT2D eigenvalue weighted by molar-refractivity contribution is 7.17. The molecule has 4 aromatic rings. The highest BCUT2D eigenvalue weighted by atomic mass is 32.1. The highest BCUT2D eigenvalue weighted by Crippen LogP contribution is 2.44. The molecule has 0 unspecified atom stereocenters. The molecule has 5 rings (SSSR count). The van der Waals surface area contributed by atoms with Gasteiger partial charge in [0.05, 0.1) is 41.8 Å². The van der Waals surface area contributed by atoms with Gasteiger partial charge in [-0.25, -0.2) is 13.8 Å². The van der Waals surface area contributed by atoms with Crippen molar-refractivity contribution >= 4 is 32.9 Å². The van der Waals surface area contributed by atoms with Crippen LogP contribution in [0.4, 0.5) is 8.78 Å². The van der Waals surface area contributed by atoms with E-state index in [4.69, 9.17) is 19.4 Å². The quantitative estimate of drug-likeness (QED) is 0.0883. The number of aromatic nitrogens is 4. The Hall–Kier alpha value is -4.61. The fourth-order valence-corrected chi connectivity index (χ4v) is 5.96. The summed E-state index contributed by atoms with van der Waals surface area (Å²) in [5.41, 5.74) is 5.04. The minimum absolute atomic E-state index is 0.00625. The first-order valence-corrected chi connectivity index (χ1v) is 14.3. The Kier molecular flexibility index (Phi) is 9.13. The van der Waals surface area contributed by atoms with Crippen LogP contribution in [-0.4, -0.2) is 57.8 Å². The molecule has 0 fully saturated rings. The number of halogens is 2. The van der Waals surface area contributed by atoms with Gasteiger partial charge in [0.15, 0.2) is 0 Å². The fourth-order valence-electron chi connectivity index (χ4n) is 5.01. The van der Waals surface area contributed by atoms with Crippen molar-refractivity contribution in [3.8, 4) is 22.5 Å². The minimum Gasteiger partial charge on any atom is -0.491 e. The number of amides is 1. The molecule has 0 aliphatic carbocycles. The summed E-state index contributed by atoms with van der Waals surface area (Å²) < 4.78 is 40.8. The van der Waals surface area contributed by atoms with Crippen LogP contribution in [0.1, 0.15) is 22.5 Å². The first-order valence-electron chi connectivity index (χ1n) is 13.4. The lowest BCUT2D eigenvalue weighted by molar-refractivity contribution is -0.126. The van der Waals surface area contributed by atoms with Gasteiger partial charge in [0, 0.05) is 71.4 Å². The number of hydrogen-bond donors (Lipinski definition) is 0. The largest absolute Gasteiger partial charge is 0.491 e. The summed E-state index contributed by atoms with van der Waals surface area (Å²) in [5.74, 6) is -1.06. The fraction of sp³-hybridized carbons (Fsp3) is 0.219. The van der Waals surface area contributed by atoms with Crippen molar-refractivity contribution in [3.05, 3.63) is 102 Å². The topological polar surface area (TPSA) is 90.3 Å². The molecule has 220 valence electrons. The van der Waals surface area contributed by atoms with Gasteiger partial charge < -0.3 is 14.4 Å². The summed E-state index contributed by atoms with van der Waals surface area (Å²) in [5, 5.41) is 10.8. The van der Waals surface area contributed by atoms with Crippen LogP contribution < -0.4 is 0 Å². The molecular weight excluding hydrogens is 572 g/mol. The molecule has 0 N–H and O–H groups in total. The van der Waals surface area contributed by atoms with E-state index in [0.717, 1.165) is 28.3 Å². The Bertz CT molecular complexity index is 1780. The van der Waals surface area contributed by atoms with Gasteiger partial charge in [-0.15, -0.1) is 11.3 Å². The van der Waals surface area contributed by atoms with Gasteiger partial charge in [0.1, 0.15) is 18.2 Å². The molecule has 0 saturated heterocycles. The number of carbonyl (C=O) groups is 1. The second kappa shape index (κ2) is 13.1. The summed E-state index contributed by atoms with van der Waals surface area (Å²) in [6, 6.07) is 5.67. The number of fused-ring (bicyclic) bond motifs is 2. The molecule has 1 aliphatic heterocycles. The van der Waals surface area contributed by atoms with Gasteiger partial charge in [-0.2, -0.15) is 10.2 Å². The van der Waals surface area contributed by atoms with Gasteiger partial charge in [-0.3, -0.25) is 9.78 Å². The van der Waals surface area contributed by atoms with Crippen molar-refractivity contribution in [2.75, 3.05) is 26.9 Å². The number of aryl methyl sites for hydroxylation is 1. The van der Waals surface area contributed by atoms with Crippen molar-refractivity contribution < 1.29 is 23.0 Å². The predicted octanol–water partition coefficient (Wildman–Crippen LogP) is 6.53. The molecule has 0 bridgehead atoms. The van der Waals surface area contributed by atoms with Crippen LogP contribution in [0.2, 0.25) is 0 Å². The van der Waals surface area contributed by atoms with Crippen LogP contribution in [0.25, 0.3) is 38.2 Å². The number of nitrogens with zero attached hydrogens (tertiary/aromatic N) is 5. The van der Waals surface area contributed by atoms with E-state index < -0.39 is 5.83 Å². The number of hydrogen-bond acceptors (Lipinski definition) is 8. The van der Waals surface area contributed by atoms with Crippen molar-refractivity contribution in [1.29, 1.82) is 0 Å². The standard InChI is InChI=1S/C32H29F2N5O3S/c1-5-27(40)39-10-7-26-23(18-39)15-22(16-35-26)31-29(28(25(34)6-9-33)20(3)42-12-11-41-4)32-24(8-13-43-32)30(37-31)21-14-19(2)38-36-17-21/h5-6,8-9,13-17H,1,3,7,10-12,18H2,2,4H3/b9-6+,28-25-. The zero-order valence-corrected chi connectivity index (χ0v) is 24.6. The minimum atomic E-state index is -0.884. The van der Waals surface area contributed by atoms with Crippen LogP contribution in [-0.2, 0) is 27.2 Å². The van der Waals surface area contributed by atoms with Gasteiger partial charge in [0.25, 0.3) is 0 Å². The van der Waals surface area contributed by atoms with Gasteiger partial charge in [-0.05, 0) is 42.1 Å². The Balaban J connectivity index is 1.80. The SMILES string of the molecule is C=CC(=O)N1CCc2ncc(-c3nc(-c4cnnc(C)c4)c4ccsc4c3/C(C(=C)OCCOC)=C(F)/C=C/F)cc2C1. The molecule has 1 amide bonds. The van der Waals surface area contributed by atoms with Crippen molar-refractivity contribution in [2.24, 2.45) is 0 Å². The van der Waals surface area contributed by atoms with Crippen LogP contribution in [0.3, 0.4) is 0 Å². The van der Waals surface area contributed by atoms with E-state index in [0.29, 0.717) is 52.4 Å². The maximum atomic E-state index is 15.8. The number of methoxy groups -OCH3 is 1. The molecule has 0 radical (unpaired) electrons. The molecule has 8 nitrogen and oxygen atoms in total. The molecule has 5 heterocycles. The Labute approximate surface area is 251 Å². The molecular formula is C32H29F2N5O3S. The number of thiophene rings is 1. The zero-order valence-electron chi connectivity index (χ0n) is 23.8.